The van der Waals surface area contributed by atoms with Crippen LogP contribution in [0.3, 0.4) is 0 Å². The molecule has 0 radical (unpaired) electrons. The van der Waals surface area contributed by atoms with Gasteiger partial charge in [0.2, 0.25) is 0 Å². The highest BCUT2D eigenvalue weighted by Gasteiger charge is 2.07. The van der Waals surface area contributed by atoms with E-state index in [4.69, 9.17) is 0 Å². The topological polar surface area (TPSA) is 0 Å². The van der Waals surface area contributed by atoms with Gasteiger partial charge < -0.3 is 0 Å². The molecular formula is C14H11F3. The van der Waals surface area contributed by atoms with Crippen molar-refractivity contribution in [1.82, 2.24) is 0 Å². The average molecular weight is 236 g/mol. The summed E-state index contributed by atoms with van der Waals surface area (Å²) in [6.45, 7) is 1.83. The number of benzene rings is 2. The van der Waals surface area contributed by atoms with Crippen LogP contribution in [-0.2, 0) is 6.42 Å². The summed E-state index contributed by atoms with van der Waals surface area (Å²) in [5, 5.41) is 0. The fourth-order valence-electron chi connectivity index (χ4n) is 1.70. The number of hydrogen-bond acceptors (Lipinski definition) is 0. The van der Waals surface area contributed by atoms with Crippen LogP contribution in [0.15, 0.2) is 36.4 Å². The highest BCUT2D eigenvalue weighted by molar-refractivity contribution is 5.33. The van der Waals surface area contributed by atoms with Crippen LogP contribution in [-0.4, -0.2) is 0 Å². The van der Waals surface area contributed by atoms with Crippen LogP contribution in [0.4, 0.5) is 13.2 Å². The first-order valence-corrected chi connectivity index (χ1v) is 5.25. The second kappa shape index (κ2) is 4.62. The van der Waals surface area contributed by atoms with E-state index >= 15 is 0 Å². The van der Waals surface area contributed by atoms with Crippen molar-refractivity contribution in [3.05, 3.63) is 70.5 Å². The minimum atomic E-state index is -0.609. The molecule has 0 aliphatic heterocycles. The molecule has 0 atom stereocenters. The molecule has 3 heteroatoms. The molecule has 0 aliphatic carbocycles. The number of rotatable bonds is 2. The van der Waals surface area contributed by atoms with Gasteiger partial charge in [0.25, 0.3) is 0 Å². The van der Waals surface area contributed by atoms with Crippen LogP contribution in [0.25, 0.3) is 0 Å². The van der Waals surface area contributed by atoms with Crippen molar-refractivity contribution in [3.63, 3.8) is 0 Å². The SMILES string of the molecule is Cc1ccc(F)cc1Cc1ccc(F)cc1F. The Hall–Kier alpha value is -1.77. The fourth-order valence-corrected chi connectivity index (χ4v) is 1.70. The van der Waals surface area contributed by atoms with Gasteiger partial charge in [0, 0.05) is 12.5 Å². The van der Waals surface area contributed by atoms with Crippen LogP contribution < -0.4 is 0 Å². The number of hydrogen-bond donors (Lipinski definition) is 0. The monoisotopic (exact) mass is 236 g/mol. The third-order valence-corrected chi connectivity index (χ3v) is 2.71. The normalized spacial score (nSPS) is 10.6. The summed E-state index contributed by atoms with van der Waals surface area (Å²) < 4.78 is 39.2. The zero-order valence-electron chi connectivity index (χ0n) is 9.31. The molecule has 2 rings (SSSR count). The lowest BCUT2D eigenvalue weighted by molar-refractivity contribution is 0.574. The fraction of sp³-hybridized carbons (Fsp3) is 0.143. The Morgan fingerprint density at radius 1 is 0.824 bits per heavy atom. The second-order valence-corrected chi connectivity index (χ2v) is 3.98. The van der Waals surface area contributed by atoms with Gasteiger partial charge in [-0.3, -0.25) is 0 Å². The van der Waals surface area contributed by atoms with Crippen molar-refractivity contribution in [2.24, 2.45) is 0 Å². The van der Waals surface area contributed by atoms with Crippen LogP contribution >= 0.6 is 0 Å². The molecule has 0 nitrogen and oxygen atoms in total. The minimum absolute atomic E-state index is 0.260. The van der Waals surface area contributed by atoms with Gasteiger partial charge in [-0.1, -0.05) is 12.1 Å². The third-order valence-electron chi connectivity index (χ3n) is 2.71. The summed E-state index contributed by atoms with van der Waals surface area (Å²) in [7, 11) is 0. The van der Waals surface area contributed by atoms with Gasteiger partial charge in [0.1, 0.15) is 17.5 Å². The van der Waals surface area contributed by atoms with Crippen LogP contribution in [0.5, 0.6) is 0 Å². The molecule has 0 bridgehead atoms. The van der Waals surface area contributed by atoms with E-state index in [1.54, 1.807) is 6.07 Å². The molecule has 2 aromatic carbocycles. The number of aryl methyl sites for hydroxylation is 1. The van der Waals surface area contributed by atoms with E-state index in [0.29, 0.717) is 11.1 Å². The Bertz CT molecular complexity index is 547. The maximum absolute atomic E-state index is 13.4. The molecule has 2 aromatic rings. The molecule has 0 unspecified atom stereocenters. The first-order chi connectivity index (χ1) is 8.06. The summed E-state index contributed by atoms with van der Waals surface area (Å²) in [6.07, 6.45) is 0.260. The molecule has 0 fully saturated rings. The first kappa shape index (κ1) is 11.7. The van der Waals surface area contributed by atoms with Crippen molar-refractivity contribution in [1.29, 1.82) is 0 Å². The summed E-state index contributed by atoms with van der Waals surface area (Å²) in [5.74, 6) is -1.57. The molecule has 0 spiro atoms. The predicted molar refractivity (Wildman–Crippen MR) is 60.3 cm³/mol. The van der Waals surface area contributed by atoms with Gasteiger partial charge in [0.15, 0.2) is 0 Å². The van der Waals surface area contributed by atoms with Gasteiger partial charge >= 0.3 is 0 Å². The molecule has 0 aliphatic rings. The third kappa shape index (κ3) is 2.67. The van der Waals surface area contributed by atoms with E-state index in [-0.39, 0.29) is 12.2 Å². The summed E-state index contributed by atoms with van der Waals surface area (Å²) in [6, 6.07) is 7.80. The van der Waals surface area contributed by atoms with Crippen molar-refractivity contribution in [2.45, 2.75) is 13.3 Å². The zero-order valence-corrected chi connectivity index (χ0v) is 9.31. The van der Waals surface area contributed by atoms with E-state index in [9.17, 15) is 13.2 Å². The summed E-state index contributed by atoms with van der Waals surface area (Å²) in [4.78, 5) is 0. The van der Waals surface area contributed by atoms with Gasteiger partial charge in [0.05, 0.1) is 0 Å². The summed E-state index contributed by atoms with van der Waals surface area (Å²) >= 11 is 0. The Morgan fingerprint density at radius 2 is 1.47 bits per heavy atom. The molecule has 0 N–H and O–H groups in total. The van der Waals surface area contributed by atoms with Crippen molar-refractivity contribution in [3.8, 4) is 0 Å². The largest absolute Gasteiger partial charge is 0.207 e. The maximum Gasteiger partial charge on any atom is 0.129 e. The molecule has 0 saturated heterocycles. The van der Waals surface area contributed by atoms with Gasteiger partial charge in [-0.15, -0.1) is 0 Å². The highest BCUT2D eigenvalue weighted by atomic mass is 19.1. The quantitative estimate of drug-likeness (QED) is 0.739. The maximum atomic E-state index is 13.4. The van der Waals surface area contributed by atoms with Crippen molar-refractivity contribution < 1.29 is 13.2 Å². The van der Waals surface area contributed by atoms with E-state index in [2.05, 4.69) is 0 Å². The Kier molecular flexibility index (Phi) is 3.18. The first-order valence-electron chi connectivity index (χ1n) is 5.25. The van der Waals surface area contributed by atoms with Crippen molar-refractivity contribution in [2.75, 3.05) is 0 Å². The lowest BCUT2D eigenvalue weighted by atomic mass is 10.00. The predicted octanol–water partition coefficient (Wildman–Crippen LogP) is 4.00. The average Bonchev–Trinajstić information content (AvgIpc) is 2.27. The number of halogens is 3. The molecule has 88 valence electrons. The minimum Gasteiger partial charge on any atom is -0.207 e. The van der Waals surface area contributed by atoms with Crippen LogP contribution in [0.1, 0.15) is 16.7 Å². The van der Waals surface area contributed by atoms with Crippen molar-refractivity contribution >= 4 is 0 Å². The van der Waals surface area contributed by atoms with Crippen LogP contribution in [0.2, 0.25) is 0 Å². The second-order valence-electron chi connectivity index (χ2n) is 3.98. The smallest absolute Gasteiger partial charge is 0.129 e. The van der Waals surface area contributed by atoms with E-state index < -0.39 is 11.6 Å². The lowest BCUT2D eigenvalue weighted by Gasteiger charge is -2.07. The Balaban J connectivity index is 2.34. The molecule has 17 heavy (non-hydrogen) atoms. The standard InChI is InChI=1S/C14H11F3/c1-9-2-4-12(15)7-11(9)6-10-3-5-13(16)8-14(10)17/h2-5,7-8H,6H2,1H3. The Labute approximate surface area is 97.7 Å². The molecule has 0 saturated carbocycles. The zero-order chi connectivity index (χ0) is 12.4. The van der Waals surface area contributed by atoms with Crippen LogP contribution in [0, 0.1) is 24.4 Å². The van der Waals surface area contributed by atoms with Gasteiger partial charge in [-0.05, 0) is 41.8 Å². The van der Waals surface area contributed by atoms with E-state index in [1.807, 2.05) is 6.92 Å². The van der Waals surface area contributed by atoms with E-state index in [1.165, 1.54) is 24.3 Å². The molecule has 0 amide bonds. The molecular weight excluding hydrogens is 225 g/mol. The van der Waals surface area contributed by atoms with Gasteiger partial charge in [-0.2, -0.15) is 0 Å². The summed E-state index contributed by atoms with van der Waals surface area (Å²) in [5.41, 5.74) is 1.95. The Morgan fingerprint density at radius 3 is 2.18 bits per heavy atom. The highest BCUT2D eigenvalue weighted by Crippen LogP contribution is 2.18. The van der Waals surface area contributed by atoms with Gasteiger partial charge in [-0.25, -0.2) is 13.2 Å². The van der Waals surface area contributed by atoms with E-state index in [0.717, 1.165) is 11.6 Å². The molecule has 0 aromatic heterocycles. The molecule has 0 heterocycles. The lowest BCUT2D eigenvalue weighted by Crippen LogP contribution is -1.96.